The van der Waals surface area contributed by atoms with Crippen molar-refractivity contribution in [3.05, 3.63) is 29.8 Å². The summed E-state index contributed by atoms with van der Waals surface area (Å²) in [6.45, 7) is 4.60. The van der Waals surface area contributed by atoms with E-state index in [9.17, 15) is 19.2 Å². The molecular weight excluding hydrogens is 326 g/mol. The van der Waals surface area contributed by atoms with Crippen LogP contribution in [-0.4, -0.2) is 66.3 Å². The largest absolute Gasteiger partial charge is 0.450 e. The van der Waals surface area contributed by atoms with Crippen LogP contribution in [0.3, 0.4) is 0 Å². The molecular formula is C17H21N3O5. The third kappa shape index (κ3) is 4.79. The van der Waals surface area contributed by atoms with Gasteiger partial charge in [-0.05, 0) is 26.0 Å². The number of amides is 3. The second-order valence-corrected chi connectivity index (χ2v) is 5.57. The predicted octanol–water partition coefficient (Wildman–Crippen LogP) is 1.13. The van der Waals surface area contributed by atoms with Crippen LogP contribution in [0.4, 0.5) is 10.5 Å². The molecule has 3 amide bonds. The lowest BCUT2D eigenvalue weighted by molar-refractivity contribution is -0.144. The Hall–Kier alpha value is -2.90. The molecule has 1 aromatic rings. The fourth-order valence-corrected chi connectivity index (χ4v) is 2.45. The van der Waals surface area contributed by atoms with Gasteiger partial charge in [-0.2, -0.15) is 0 Å². The molecule has 2 rings (SSSR count). The minimum Gasteiger partial charge on any atom is -0.450 e. The molecule has 1 aliphatic rings. The van der Waals surface area contributed by atoms with Gasteiger partial charge in [-0.3, -0.25) is 14.4 Å². The lowest BCUT2D eigenvalue weighted by Crippen LogP contribution is -2.53. The molecule has 0 aromatic heterocycles. The third-order valence-electron chi connectivity index (χ3n) is 3.81. The molecule has 1 saturated heterocycles. The average Bonchev–Trinajstić information content (AvgIpc) is 2.61. The highest BCUT2D eigenvalue weighted by atomic mass is 16.6. The van der Waals surface area contributed by atoms with E-state index in [4.69, 9.17) is 4.74 Å². The lowest BCUT2D eigenvalue weighted by Gasteiger charge is -2.33. The topological polar surface area (TPSA) is 96.0 Å². The van der Waals surface area contributed by atoms with Crippen LogP contribution >= 0.6 is 0 Å². The van der Waals surface area contributed by atoms with Crippen molar-refractivity contribution in [1.82, 2.24) is 9.80 Å². The van der Waals surface area contributed by atoms with E-state index in [0.717, 1.165) is 0 Å². The number of nitrogens with zero attached hydrogens (tertiary/aromatic N) is 2. The monoisotopic (exact) mass is 347 g/mol. The Labute approximate surface area is 145 Å². The van der Waals surface area contributed by atoms with Gasteiger partial charge in [-0.15, -0.1) is 0 Å². The first kappa shape index (κ1) is 18.4. The molecule has 8 heteroatoms. The zero-order chi connectivity index (χ0) is 18.4. The van der Waals surface area contributed by atoms with Crippen molar-refractivity contribution in [3.8, 4) is 0 Å². The van der Waals surface area contributed by atoms with E-state index < -0.39 is 17.9 Å². The van der Waals surface area contributed by atoms with Gasteiger partial charge in [-0.25, -0.2) is 4.79 Å². The van der Waals surface area contributed by atoms with Gasteiger partial charge in [0.1, 0.15) is 0 Å². The van der Waals surface area contributed by atoms with Crippen LogP contribution in [0.15, 0.2) is 24.3 Å². The first-order valence-electron chi connectivity index (χ1n) is 8.05. The highest BCUT2D eigenvalue weighted by molar-refractivity contribution is 6.39. The summed E-state index contributed by atoms with van der Waals surface area (Å²) in [5.74, 6) is -1.57. The molecule has 0 aliphatic carbocycles. The van der Waals surface area contributed by atoms with Crippen molar-refractivity contribution in [1.29, 1.82) is 0 Å². The molecule has 134 valence electrons. The van der Waals surface area contributed by atoms with Crippen molar-refractivity contribution in [2.45, 2.75) is 13.8 Å². The summed E-state index contributed by atoms with van der Waals surface area (Å²) in [5, 5.41) is 2.50. The normalized spacial score (nSPS) is 14.0. The van der Waals surface area contributed by atoms with Crippen molar-refractivity contribution < 1.29 is 23.9 Å². The van der Waals surface area contributed by atoms with Crippen LogP contribution in [0.25, 0.3) is 0 Å². The maximum absolute atomic E-state index is 12.2. The lowest BCUT2D eigenvalue weighted by atomic mass is 10.1. The summed E-state index contributed by atoms with van der Waals surface area (Å²) in [4.78, 5) is 50.2. The number of carbonyl (C=O) groups is 4. The zero-order valence-corrected chi connectivity index (χ0v) is 14.3. The minimum atomic E-state index is -0.773. The first-order valence-corrected chi connectivity index (χ1v) is 8.05. The average molecular weight is 347 g/mol. The molecule has 1 aromatic carbocycles. The number of rotatable bonds is 3. The van der Waals surface area contributed by atoms with E-state index in [0.29, 0.717) is 30.9 Å². The second-order valence-electron chi connectivity index (χ2n) is 5.57. The molecule has 0 bridgehead atoms. The maximum atomic E-state index is 12.2. The van der Waals surface area contributed by atoms with Crippen molar-refractivity contribution in [3.63, 3.8) is 0 Å². The molecule has 1 fully saturated rings. The van der Waals surface area contributed by atoms with Crippen molar-refractivity contribution in [2.75, 3.05) is 38.1 Å². The molecule has 0 radical (unpaired) electrons. The quantitative estimate of drug-likeness (QED) is 0.653. The van der Waals surface area contributed by atoms with Crippen LogP contribution in [0.5, 0.6) is 0 Å². The van der Waals surface area contributed by atoms with E-state index in [1.807, 2.05) is 0 Å². The fourth-order valence-electron chi connectivity index (χ4n) is 2.45. The zero-order valence-electron chi connectivity index (χ0n) is 14.3. The van der Waals surface area contributed by atoms with Crippen LogP contribution in [0.2, 0.25) is 0 Å². The summed E-state index contributed by atoms with van der Waals surface area (Å²) >= 11 is 0. The third-order valence-corrected chi connectivity index (χ3v) is 3.81. The smallest absolute Gasteiger partial charge is 0.409 e. The van der Waals surface area contributed by atoms with Crippen molar-refractivity contribution in [2.24, 2.45) is 0 Å². The van der Waals surface area contributed by atoms with E-state index >= 15 is 0 Å². The van der Waals surface area contributed by atoms with Gasteiger partial charge < -0.3 is 19.9 Å². The van der Waals surface area contributed by atoms with E-state index in [1.165, 1.54) is 22.8 Å². The van der Waals surface area contributed by atoms with Crippen LogP contribution in [-0.2, 0) is 14.3 Å². The van der Waals surface area contributed by atoms with Crippen molar-refractivity contribution >= 4 is 29.4 Å². The highest BCUT2D eigenvalue weighted by Gasteiger charge is 2.28. The number of anilines is 1. The van der Waals surface area contributed by atoms with Crippen LogP contribution in [0, 0.1) is 0 Å². The van der Waals surface area contributed by atoms with Gasteiger partial charge in [0, 0.05) is 37.4 Å². The Morgan fingerprint density at radius 1 is 1.08 bits per heavy atom. The summed E-state index contributed by atoms with van der Waals surface area (Å²) < 4.78 is 4.91. The van der Waals surface area contributed by atoms with Gasteiger partial charge >= 0.3 is 17.9 Å². The molecule has 1 aliphatic heterocycles. The molecule has 0 atom stereocenters. The Balaban J connectivity index is 1.91. The second kappa shape index (κ2) is 8.27. The predicted molar refractivity (Wildman–Crippen MR) is 90.3 cm³/mol. The SMILES string of the molecule is CCOC(=O)N1CCN(C(=O)C(=O)Nc2cccc(C(C)=O)c2)CC1. The number of piperazine rings is 1. The van der Waals surface area contributed by atoms with Crippen LogP contribution in [0.1, 0.15) is 24.2 Å². The number of Topliss-reactive ketones (excluding diaryl/α,β-unsaturated/α-hetero) is 1. The first-order chi connectivity index (χ1) is 11.9. The van der Waals surface area contributed by atoms with Crippen LogP contribution < -0.4 is 5.32 Å². The molecule has 0 unspecified atom stereocenters. The Bertz CT molecular complexity index is 681. The van der Waals surface area contributed by atoms with E-state index in [2.05, 4.69) is 5.32 Å². The van der Waals surface area contributed by atoms with Gasteiger partial charge in [0.2, 0.25) is 0 Å². The molecule has 1 heterocycles. The summed E-state index contributed by atoms with van der Waals surface area (Å²) in [5.41, 5.74) is 0.838. The number of nitrogens with one attached hydrogen (secondary N) is 1. The van der Waals surface area contributed by atoms with E-state index in [1.54, 1.807) is 25.1 Å². The summed E-state index contributed by atoms with van der Waals surface area (Å²) in [6.07, 6.45) is -0.417. The molecule has 1 N–H and O–H groups in total. The minimum absolute atomic E-state index is 0.127. The van der Waals surface area contributed by atoms with Gasteiger partial charge in [-0.1, -0.05) is 12.1 Å². The van der Waals surface area contributed by atoms with Gasteiger partial charge in [0.25, 0.3) is 0 Å². The number of hydrogen-bond donors (Lipinski definition) is 1. The van der Waals surface area contributed by atoms with Gasteiger partial charge in [0.05, 0.1) is 6.61 Å². The Kier molecular flexibility index (Phi) is 6.10. The maximum Gasteiger partial charge on any atom is 0.409 e. The Morgan fingerprint density at radius 3 is 2.32 bits per heavy atom. The molecule has 0 saturated carbocycles. The van der Waals surface area contributed by atoms with Gasteiger partial charge in [0.15, 0.2) is 5.78 Å². The number of hydrogen-bond acceptors (Lipinski definition) is 5. The number of ether oxygens (including phenoxy) is 1. The van der Waals surface area contributed by atoms with E-state index in [-0.39, 0.29) is 18.9 Å². The number of carbonyl (C=O) groups excluding carboxylic acids is 4. The molecule has 25 heavy (non-hydrogen) atoms. The highest BCUT2D eigenvalue weighted by Crippen LogP contribution is 2.12. The Morgan fingerprint density at radius 2 is 1.72 bits per heavy atom. The summed E-state index contributed by atoms with van der Waals surface area (Å²) in [6, 6.07) is 6.39. The molecule has 0 spiro atoms. The standard InChI is InChI=1S/C17H21N3O5/c1-3-25-17(24)20-9-7-19(8-10-20)16(23)15(22)18-14-6-4-5-13(11-14)12(2)21/h4-6,11H,3,7-10H2,1-2H3,(H,18,22). The molecule has 8 nitrogen and oxygen atoms in total. The fraction of sp³-hybridized carbons (Fsp3) is 0.412. The number of benzene rings is 1. The number of ketones is 1. The summed E-state index contributed by atoms with van der Waals surface area (Å²) in [7, 11) is 0.